The summed E-state index contributed by atoms with van der Waals surface area (Å²) in [4.78, 5) is 27.2. The number of phenolic OH excluding ortho intramolecular Hbond substituents is 2. The molecule has 0 unspecified atom stereocenters. The third kappa shape index (κ3) is 4.07. The molecule has 1 aliphatic heterocycles. The summed E-state index contributed by atoms with van der Waals surface area (Å²) in [6.45, 7) is 2.99. The predicted octanol–water partition coefficient (Wildman–Crippen LogP) is 1.29. The molecule has 0 aromatic heterocycles. The number of phenols is 2. The highest BCUT2D eigenvalue weighted by atomic mass is 16.7. The molecule has 0 radical (unpaired) electrons. The number of methoxy groups -OCH3 is 1. The molecule has 1 heterocycles. The van der Waals surface area contributed by atoms with Gasteiger partial charge in [0.15, 0.2) is 12.1 Å². The number of benzene rings is 2. The zero-order chi connectivity index (χ0) is 28.4. The second-order valence-corrected chi connectivity index (χ2v) is 10.3. The van der Waals surface area contributed by atoms with Crippen LogP contribution in [0.1, 0.15) is 75.8 Å². The van der Waals surface area contributed by atoms with Gasteiger partial charge in [0.25, 0.3) is 0 Å². The average molecular weight is 543 g/mol. The Bertz CT molecular complexity index is 1390. The van der Waals surface area contributed by atoms with Gasteiger partial charge < -0.3 is 45.6 Å². The second-order valence-electron chi connectivity index (χ2n) is 10.3. The highest BCUT2D eigenvalue weighted by molar-refractivity contribution is 6.31. The van der Waals surface area contributed by atoms with Crippen molar-refractivity contribution < 1.29 is 49.4 Å². The number of aliphatic hydroxyl groups excluding tert-OH is 1. The van der Waals surface area contributed by atoms with E-state index in [0.29, 0.717) is 0 Å². The third-order valence-corrected chi connectivity index (χ3v) is 7.97. The van der Waals surface area contributed by atoms with E-state index in [4.69, 9.17) is 19.9 Å². The van der Waals surface area contributed by atoms with Gasteiger partial charge in [0, 0.05) is 42.0 Å². The fourth-order valence-corrected chi connectivity index (χ4v) is 5.76. The lowest BCUT2D eigenvalue weighted by atomic mass is 9.72. The topological polar surface area (TPSA) is 201 Å². The molecule has 12 nitrogen and oxygen atoms in total. The van der Waals surface area contributed by atoms with Crippen molar-refractivity contribution in [3.63, 3.8) is 0 Å². The van der Waals surface area contributed by atoms with E-state index in [1.54, 1.807) is 6.92 Å². The van der Waals surface area contributed by atoms with Crippen molar-refractivity contribution in [3.8, 4) is 17.2 Å². The SMILES string of the molecule is COc1cccc2c1C(=O)c1c(O)c3c(c(O)c1C2=O)C[C@](O)(/C(C)=N/O)C[C@@H]3O[C@H]1C[C@@H](N)[C@H](O)[C@@H](C)O1. The van der Waals surface area contributed by atoms with Crippen molar-refractivity contribution in [2.75, 3.05) is 7.11 Å². The van der Waals surface area contributed by atoms with Gasteiger partial charge in [0.05, 0.1) is 47.8 Å². The Morgan fingerprint density at radius 2 is 1.85 bits per heavy atom. The van der Waals surface area contributed by atoms with Crippen LogP contribution in [-0.2, 0) is 15.9 Å². The summed E-state index contributed by atoms with van der Waals surface area (Å²) < 4.78 is 17.2. The van der Waals surface area contributed by atoms with Crippen molar-refractivity contribution >= 4 is 17.3 Å². The molecule has 3 aliphatic rings. The molecule has 2 aromatic carbocycles. The van der Waals surface area contributed by atoms with E-state index >= 15 is 0 Å². The van der Waals surface area contributed by atoms with Crippen LogP contribution in [0.4, 0.5) is 0 Å². The van der Waals surface area contributed by atoms with E-state index in [2.05, 4.69) is 5.16 Å². The lowest BCUT2D eigenvalue weighted by molar-refractivity contribution is -0.245. The largest absolute Gasteiger partial charge is 0.507 e. The molecule has 39 heavy (non-hydrogen) atoms. The second kappa shape index (κ2) is 9.57. The van der Waals surface area contributed by atoms with E-state index in [1.165, 1.54) is 32.2 Å². The molecular formula is C27H30N2O10. The number of ether oxygens (including phenoxy) is 3. The van der Waals surface area contributed by atoms with Gasteiger partial charge in [-0.25, -0.2) is 0 Å². The summed E-state index contributed by atoms with van der Waals surface area (Å²) >= 11 is 0. The van der Waals surface area contributed by atoms with E-state index in [-0.39, 0.29) is 53.0 Å². The van der Waals surface area contributed by atoms with Gasteiger partial charge in [-0.3, -0.25) is 9.59 Å². The maximum absolute atomic E-state index is 13.7. The van der Waals surface area contributed by atoms with E-state index in [0.717, 1.165) is 0 Å². The fraction of sp³-hybridized carbons (Fsp3) is 0.444. The van der Waals surface area contributed by atoms with E-state index < -0.39 is 70.4 Å². The van der Waals surface area contributed by atoms with Crippen LogP contribution in [0.3, 0.4) is 0 Å². The Kier molecular flexibility index (Phi) is 6.64. The Morgan fingerprint density at radius 1 is 1.15 bits per heavy atom. The summed E-state index contributed by atoms with van der Waals surface area (Å²) in [7, 11) is 1.34. The third-order valence-electron chi connectivity index (χ3n) is 7.97. The minimum absolute atomic E-state index is 0.00869. The number of aliphatic hydroxyl groups is 2. The van der Waals surface area contributed by atoms with Crippen LogP contribution in [0.15, 0.2) is 23.4 Å². The van der Waals surface area contributed by atoms with Crippen molar-refractivity contribution in [1.29, 1.82) is 0 Å². The number of fused-ring (bicyclic) bond motifs is 3. The number of nitrogens with two attached hydrogens (primary N) is 1. The molecular weight excluding hydrogens is 512 g/mol. The molecule has 0 bridgehead atoms. The molecule has 5 rings (SSSR count). The number of aromatic hydroxyl groups is 2. The van der Waals surface area contributed by atoms with Gasteiger partial charge in [-0.1, -0.05) is 17.3 Å². The van der Waals surface area contributed by atoms with Crippen LogP contribution in [0.5, 0.6) is 17.2 Å². The summed E-state index contributed by atoms with van der Waals surface area (Å²) in [6.07, 6.45) is -4.34. The number of ketones is 2. The predicted molar refractivity (Wildman–Crippen MR) is 135 cm³/mol. The van der Waals surface area contributed by atoms with Gasteiger partial charge in [-0.2, -0.15) is 0 Å². The monoisotopic (exact) mass is 542 g/mol. The van der Waals surface area contributed by atoms with Gasteiger partial charge in [-0.15, -0.1) is 0 Å². The standard InChI is InChI=1S/C27H30N2O10/c1-10-22(30)14(28)7-17(38-10)39-16-9-27(35,11(2)29-36)8-13-19(16)26(34)21-20(24(13)32)23(31)12-5-4-6-15(37-3)18(12)25(21)33/h4-6,10,14,16-17,22,30,32,34-36H,7-9,28H2,1-3H3/b29-11+/t10-,14-,16+,17+,22-,27-/m1/s1. The maximum atomic E-state index is 13.7. The number of hydrogen-bond acceptors (Lipinski definition) is 12. The first kappa shape index (κ1) is 27.0. The average Bonchev–Trinajstić information content (AvgIpc) is 2.90. The maximum Gasteiger partial charge on any atom is 0.202 e. The Morgan fingerprint density at radius 3 is 2.49 bits per heavy atom. The zero-order valence-corrected chi connectivity index (χ0v) is 21.5. The molecule has 0 spiro atoms. The lowest BCUT2D eigenvalue weighted by Gasteiger charge is -2.42. The highest BCUT2D eigenvalue weighted by Gasteiger charge is 2.49. The molecule has 0 amide bonds. The quantitative estimate of drug-likeness (QED) is 0.120. The minimum atomic E-state index is -1.85. The first-order valence-electron chi connectivity index (χ1n) is 12.5. The van der Waals surface area contributed by atoms with E-state index in [9.17, 15) is 35.2 Å². The van der Waals surface area contributed by atoms with E-state index in [1.807, 2.05) is 0 Å². The van der Waals surface area contributed by atoms with Gasteiger partial charge >= 0.3 is 0 Å². The number of oxime groups is 1. The van der Waals surface area contributed by atoms with Crippen molar-refractivity contribution in [1.82, 2.24) is 0 Å². The van der Waals surface area contributed by atoms with Crippen LogP contribution in [-0.4, -0.2) is 80.2 Å². The molecule has 1 saturated heterocycles. The Hall–Kier alpha value is -3.55. The summed E-state index contributed by atoms with van der Waals surface area (Å²) in [5, 5.41) is 57.1. The Labute approximate surface area is 223 Å². The molecule has 0 saturated carbocycles. The first-order valence-corrected chi connectivity index (χ1v) is 12.5. The van der Waals surface area contributed by atoms with Crippen molar-refractivity contribution in [2.45, 2.75) is 69.4 Å². The van der Waals surface area contributed by atoms with Crippen molar-refractivity contribution in [3.05, 3.63) is 51.6 Å². The van der Waals surface area contributed by atoms with Crippen LogP contribution in [0.2, 0.25) is 0 Å². The Balaban J connectivity index is 1.69. The minimum Gasteiger partial charge on any atom is -0.507 e. The summed E-state index contributed by atoms with van der Waals surface area (Å²) in [6, 6.07) is 3.77. The lowest BCUT2D eigenvalue weighted by Crippen LogP contribution is -2.52. The molecule has 6 atom stereocenters. The molecule has 2 aliphatic carbocycles. The number of carbonyl (C=O) groups is 2. The summed E-state index contributed by atoms with van der Waals surface area (Å²) in [5.41, 5.74) is 3.14. The van der Waals surface area contributed by atoms with Crippen LogP contribution in [0, 0.1) is 0 Å². The number of nitrogens with zero attached hydrogens (tertiary/aromatic N) is 1. The molecule has 2 aromatic rings. The van der Waals surface area contributed by atoms with Gasteiger partial charge in [0.2, 0.25) is 5.78 Å². The highest BCUT2D eigenvalue weighted by Crippen LogP contribution is 2.52. The fourth-order valence-electron chi connectivity index (χ4n) is 5.76. The molecule has 1 fully saturated rings. The van der Waals surface area contributed by atoms with Crippen LogP contribution in [0.25, 0.3) is 0 Å². The van der Waals surface area contributed by atoms with Gasteiger partial charge in [-0.05, 0) is 19.9 Å². The normalized spacial score (nSPS) is 30.4. The summed E-state index contributed by atoms with van der Waals surface area (Å²) in [5.74, 6) is -2.51. The molecule has 12 heteroatoms. The van der Waals surface area contributed by atoms with Crippen LogP contribution >= 0.6 is 0 Å². The number of rotatable bonds is 4. The smallest absolute Gasteiger partial charge is 0.202 e. The number of hydrogen-bond donors (Lipinski definition) is 6. The van der Waals surface area contributed by atoms with Gasteiger partial charge in [0.1, 0.15) is 22.8 Å². The number of carbonyl (C=O) groups excluding carboxylic acids is 2. The molecule has 7 N–H and O–H groups in total. The first-order chi connectivity index (χ1) is 18.4. The molecule has 208 valence electrons. The van der Waals surface area contributed by atoms with Crippen LogP contribution < -0.4 is 10.5 Å². The zero-order valence-electron chi connectivity index (χ0n) is 21.5. The van der Waals surface area contributed by atoms with Crippen molar-refractivity contribution in [2.24, 2.45) is 10.9 Å².